The van der Waals surface area contributed by atoms with Gasteiger partial charge in [0, 0.05) is 18.4 Å². The van der Waals surface area contributed by atoms with E-state index in [0.717, 1.165) is 17.0 Å². The number of rotatable bonds is 6. The van der Waals surface area contributed by atoms with Gasteiger partial charge in [-0.3, -0.25) is 4.57 Å². The first-order valence-corrected chi connectivity index (χ1v) is 10.8. The zero-order chi connectivity index (χ0) is 24.3. The molecule has 0 aliphatic rings. The van der Waals surface area contributed by atoms with Crippen LogP contribution in [0.3, 0.4) is 0 Å². The van der Waals surface area contributed by atoms with Gasteiger partial charge in [-0.2, -0.15) is 4.98 Å². The maximum atomic E-state index is 12.3. The van der Waals surface area contributed by atoms with E-state index in [1.165, 1.54) is 0 Å². The predicted molar refractivity (Wildman–Crippen MR) is 126 cm³/mol. The number of aryl methyl sites for hydroxylation is 2. The molecule has 33 heavy (non-hydrogen) atoms. The Hall–Kier alpha value is -3.55. The number of ether oxygens (including phenoxy) is 3. The van der Waals surface area contributed by atoms with E-state index in [2.05, 4.69) is 9.97 Å². The van der Waals surface area contributed by atoms with Crippen LogP contribution >= 0.6 is 0 Å². The van der Waals surface area contributed by atoms with Crippen LogP contribution in [0, 0.1) is 13.8 Å². The second-order valence-electron chi connectivity index (χ2n) is 8.93. The Balaban J connectivity index is 1.74. The lowest BCUT2D eigenvalue weighted by Gasteiger charge is -2.29. The van der Waals surface area contributed by atoms with E-state index >= 15 is 0 Å². The zero-order valence-electron chi connectivity index (χ0n) is 20.5. The Morgan fingerprint density at radius 2 is 1.67 bits per heavy atom. The molecule has 0 aliphatic heterocycles. The van der Waals surface area contributed by atoms with Crippen molar-refractivity contribution >= 4 is 6.09 Å². The van der Waals surface area contributed by atoms with Gasteiger partial charge in [-0.25, -0.2) is 9.78 Å². The molecule has 2 aromatic heterocycles. The molecule has 3 aromatic rings. The van der Waals surface area contributed by atoms with Crippen molar-refractivity contribution in [3.05, 3.63) is 59.5 Å². The summed E-state index contributed by atoms with van der Waals surface area (Å²) in [6, 6.07) is 11.3. The smallest absolute Gasteiger partial charge is 0.410 e. The molecule has 0 saturated heterocycles. The lowest BCUT2D eigenvalue weighted by atomic mass is 10.1. The number of aromatic nitrogens is 3. The quantitative estimate of drug-likeness (QED) is 0.483. The summed E-state index contributed by atoms with van der Waals surface area (Å²) < 4.78 is 18.8. The molecule has 0 fully saturated rings. The molecule has 0 aliphatic carbocycles. The summed E-state index contributed by atoms with van der Waals surface area (Å²) >= 11 is 0. The third-order valence-corrected chi connectivity index (χ3v) is 5.22. The Morgan fingerprint density at radius 1 is 1.06 bits per heavy atom. The lowest BCUT2D eigenvalue weighted by Crippen LogP contribution is -2.35. The van der Waals surface area contributed by atoms with Crippen molar-refractivity contribution in [3.63, 3.8) is 0 Å². The molecule has 0 unspecified atom stereocenters. The summed E-state index contributed by atoms with van der Waals surface area (Å²) in [5.74, 6) is 1.91. The molecule has 1 aromatic carbocycles. The van der Waals surface area contributed by atoms with E-state index in [1.54, 1.807) is 25.3 Å². The van der Waals surface area contributed by atoms with Crippen molar-refractivity contribution in [2.45, 2.75) is 53.2 Å². The molecular formula is C25H32N4O4. The fourth-order valence-electron chi connectivity index (χ4n) is 3.34. The molecule has 2 heterocycles. The summed E-state index contributed by atoms with van der Waals surface area (Å²) in [5.41, 5.74) is 2.48. The van der Waals surface area contributed by atoms with Gasteiger partial charge in [0.2, 0.25) is 11.7 Å². The van der Waals surface area contributed by atoms with Crippen molar-refractivity contribution in [3.8, 4) is 23.3 Å². The number of carbonyl (C=O) groups is 1. The maximum Gasteiger partial charge on any atom is 0.410 e. The van der Waals surface area contributed by atoms with Gasteiger partial charge >= 0.3 is 6.09 Å². The first kappa shape index (κ1) is 24.1. The van der Waals surface area contributed by atoms with E-state index in [9.17, 15) is 4.79 Å². The van der Waals surface area contributed by atoms with E-state index in [1.807, 2.05) is 82.5 Å². The molecular weight excluding hydrogens is 420 g/mol. The molecule has 3 rings (SSSR count). The second kappa shape index (κ2) is 9.52. The van der Waals surface area contributed by atoms with Crippen molar-refractivity contribution in [1.29, 1.82) is 0 Å². The van der Waals surface area contributed by atoms with E-state index in [0.29, 0.717) is 23.3 Å². The molecule has 1 atom stereocenters. The Morgan fingerprint density at radius 3 is 2.21 bits per heavy atom. The van der Waals surface area contributed by atoms with Gasteiger partial charge in [-0.05, 0) is 71.4 Å². The fourth-order valence-corrected chi connectivity index (χ4v) is 3.34. The zero-order valence-corrected chi connectivity index (χ0v) is 20.5. The second-order valence-corrected chi connectivity index (χ2v) is 8.93. The minimum absolute atomic E-state index is 0.166. The molecule has 1 amide bonds. The van der Waals surface area contributed by atoms with Crippen LogP contribution in [-0.4, -0.2) is 45.3 Å². The van der Waals surface area contributed by atoms with Gasteiger partial charge in [0.15, 0.2) is 0 Å². The third kappa shape index (κ3) is 5.63. The van der Waals surface area contributed by atoms with Crippen LogP contribution in [0.25, 0.3) is 5.82 Å². The molecule has 0 radical (unpaired) electrons. The average Bonchev–Trinajstić information content (AvgIpc) is 3.09. The highest BCUT2D eigenvalue weighted by Gasteiger charge is 2.24. The van der Waals surface area contributed by atoms with E-state index < -0.39 is 5.60 Å². The minimum Gasteiger partial charge on any atom is -0.478 e. The average molecular weight is 453 g/mol. The summed E-state index contributed by atoms with van der Waals surface area (Å²) in [4.78, 5) is 22.9. The summed E-state index contributed by atoms with van der Waals surface area (Å²) in [7, 11) is 3.28. The molecule has 8 nitrogen and oxygen atoms in total. The van der Waals surface area contributed by atoms with Crippen molar-refractivity contribution in [2.24, 2.45) is 0 Å². The molecule has 8 heteroatoms. The molecule has 0 N–H and O–H groups in total. The molecule has 0 bridgehead atoms. The van der Waals surface area contributed by atoms with Crippen LogP contribution in [-0.2, 0) is 4.74 Å². The number of carbonyl (C=O) groups excluding carboxylic acids is 1. The van der Waals surface area contributed by atoms with Crippen LogP contribution in [0.5, 0.6) is 17.5 Å². The van der Waals surface area contributed by atoms with Crippen molar-refractivity contribution < 1.29 is 19.0 Å². The topological polar surface area (TPSA) is 78.7 Å². The van der Waals surface area contributed by atoms with Crippen molar-refractivity contribution in [2.75, 3.05) is 14.2 Å². The van der Waals surface area contributed by atoms with Crippen LogP contribution in [0.2, 0.25) is 0 Å². The van der Waals surface area contributed by atoms with Gasteiger partial charge in [-0.1, -0.05) is 12.1 Å². The number of hydrogen-bond acceptors (Lipinski definition) is 6. The number of amides is 1. The highest BCUT2D eigenvalue weighted by molar-refractivity contribution is 5.68. The first-order valence-electron chi connectivity index (χ1n) is 10.8. The molecule has 0 saturated carbocycles. The Kier molecular flexibility index (Phi) is 6.95. The first-order chi connectivity index (χ1) is 15.5. The van der Waals surface area contributed by atoms with E-state index in [4.69, 9.17) is 14.2 Å². The number of benzene rings is 1. The normalized spacial score (nSPS) is 12.2. The number of hydrogen-bond donors (Lipinski definition) is 0. The van der Waals surface area contributed by atoms with Crippen molar-refractivity contribution in [1.82, 2.24) is 19.4 Å². The Bertz CT molecular complexity index is 1100. The SMILES string of the molecule is COc1nc(Oc2ccc([C@@H](C)N(C)C(=O)OC(C)(C)C)cc2)cnc1-n1c(C)ccc1C. The monoisotopic (exact) mass is 452 g/mol. The Labute approximate surface area is 195 Å². The van der Waals surface area contributed by atoms with E-state index in [-0.39, 0.29) is 12.1 Å². The van der Waals surface area contributed by atoms with Crippen LogP contribution in [0.1, 0.15) is 50.7 Å². The fraction of sp³-hybridized carbons (Fsp3) is 0.400. The minimum atomic E-state index is -0.543. The number of methoxy groups -OCH3 is 1. The number of nitrogens with zero attached hydrogens (tertiary/aromatic N) is 4. The highest BCUT2D eigenvalue weighted by Crippen LogP contribution is 2.28. The summed E-state index contributed by atoms with van der Waals surface area (Å²) in [6.45, 7) is 11.5. The van der Waals surface area contributed by atoms with Gasteiger partial charge < -0.3 is 19.1 Å². The standard InChI is InChI=1S/C25H32N4O4/c1-16-9-10-17(2)29(16)22-23(31-8)27-21(15-26-22)32-20-13-11-19(12-14-20)18(3)28(7)24(30)33-25(4,5)6/h9-15,18H,1-8H3/t18-/m1/s1. The molecule has 176 valence electrons. The molecule has 0 spiro atoms. The van der Waals surface area contributed by atoms with Gasteiger partial charge in [0.05, 0.1) is 19.3 Å². The predicted octanol–water partition coefficient (Wildman–Crippen LogP) is 5.61. The highest BCUT2D eigenvalue weighted by atomic mass is 16.6. The maximum absolute atomic E-state index is 12.3. The van der Waals surface area contributed by atoms with Crippen LogP contribution in [0.15, 0.2) is 42.6 Å². The van der Waals surface area contributed by atoms with Gasteiger partial charge in [0.25, 0.3) is 5.88 Å². The van der Waals surface area contributed by atoms with Crippen LogP contribution in [0.4, 0.5) is 4.79 Å². The lowest BCUT2D eigenvalue weighted by molar-refractivity contribution is 0.0234. The summed E-state index contributed by atoms with van der Waals surface area (Å²) in [6.07, 6.45) is 1.20. The third-order valence-electron chi connectivity index (χ3n) is 5.22. The van der Waals surface area contributed by atoms with Gasteiger partial charge in [-0.15, -0.1) is 0 Å². The van der Waals surface area contributed by atoms with Crippen LogP contribution < -0.4 is 9.47 Å². The summed E-state index contributed by atoms with van der Waals surface area (Å²) in [5, 5.41) is 0. The van der Waals surface area contributed by atoms with Gasteiger partial charge in [0.1, 0.15) is 11.4 Å². The largest absolute Gasteiger partial charge is 0.478 e.